The molecule has 0 fully saturated rings. The first kappa shape index (κ1) is 22.0. The zero-order valence-corrected chi connectivity index (χ0v) is 19.0. The lowest BCUT2D eigenvalue weighted by molar-refractivity contribution is -0.111. The second-order valence-corrected chi connectivity index (χ2v) is 8.44. The number of carbonyl (C=O) groups excluding carboxylic acids is 1. The van der Waals surface area contributed by atoms with Crippen LogP contribution in [-0.4, -0.2) is 47.6 Å². The molecule has 0 saturated heterocycles. The number of ether oxygens (including phenoxy) is 1. The van der Waals surface area contributed by atoms with E-state index in [9.17, 15) is 9.18 Å². The zero-order valence-electron chi connectivity index (χ0n) is 19.0. The van der Waals surface area contributed by atoms with Crippen molar-refractivity contribution in [2.24, 2.45) is 0 Å². The first-order chi connectivity index (χ1) is 15.3. The number of amides is 1. The van der Waals surface area contributed by atoms with Crippen molar-refractivity contribution in [1.29, 1.82) is 0 Å². The first-order valence-corrected chi connectivity index (χ1v) is 11.0. The zero-order chi connectivity index (χ0) is 22.9. The van der Waals surface area contributed by atoms with E-state index >= 15 is 0 Å². The molecule has 0 atom stereocenters. The van der Waals surface area contributed by atoms with Crippen molar-refractivity contribution in [3.8, 4) is 0 Å². The minimum atomic E-state index is -0.655. The van der Waals surface area contributed by atoms with E-state index in [0.717, 1.165) is 43.1 Å². The second kappa shape index (κ2) is 8.74. The fraction of sp³-hybridized carbons (Fsp3) is 0.360. The van der Waals surface area contributed by atoms with Gasteiger partial charge in [0.25, 0.3) is 5.91 Å². The van der Waals surface area contributed by atoms with Crippen LogP contribution in [0.25, 0.3) is 11.1 Å². The van der Waals surface area contributed by atoms with Gasteiger partial charge >= 0.3 is 0 Å². The van der Waals surface area contributed by atoms with E-state index in [1.54, 1.807) is 6.07 Å². The molecule has 1 amide bonds. The minimum absolute atomic E-state index is 0.292. The Kier molecular flexibility index (Phi) is 6.02. The summed E-state index contributed by atoms with van der Waals surface area (Å²) in [6.07, 6.45) is 3.67. The van der Waals surface area contributed by atoms with Crippen molar-refractivity contribution in [2.75, 3.05) is 36.8 Å². The van der Waals surface area contributed by atoms with Gasteiger partial charge in [-0.25, -0.2) is 9.37 Å². The van der Waals surface area contributed by atoms with Crippen LogP contribution >= 0.6 is 0 Å². The quantitative estimate of drug-likeness (QED) is 0.625. The third kappa shape index (κ3) is 4.25. The number of rotatable bonds is 7. The van der Waals surface area contributed by atoms with Crippen molar-refractivity contribution >= 4 is 28.6 Å². The van der Waals surface area contributed by atoms with Crippen molar-refractivity contribution in [1.82, 2.24) is 9.88 Å². The number of halogens is 1. The molecule has 2 aromatic rings. The smallest absolute Gasteiger partial charge is 0.260 e. The molecule has 0 aliphatic carbocycles. The van der Waals surface area contributed by atoms with E-state index in [0.29, 0.717) is 22.6 Å². The number of nitrogens with zero attached hydrogens (tertiary/aromatic N) is 2. The predicted molar refractivity (Wildman–Crippen MR) is 126 cm³/mol. The van der Waals surface area contributed by atoms with Crippen LogP contribution < -0.4 is 10.6 Å². The highest BCUT2D eigenvalue weighted by molar-refractivity contribution is 6.32. The fourth-order valence-electron chi connectivity index (χ4n) is 4.14. The number of pyridine rings is 1. The molecule has 2 aliphatic heterocycles. The average Bonchev–Trinajstić information content (AvgIpc) is 3.26. The lowest BCUT2D eigenvalue weighted by Gasteiger charge is -2.23. The highest BCUT2D eigenvalue weighted by atomic mass is 19.1. The summed E-state index contributed by atoms with van der Waals surface area (Å²) in [4.78, 5) is 19.5. The largest absolute Gasteiger partial charge is 0.482 e. The van der Waals surface area contributed by atoms with Crippen LogP contribution in [0.1, 0.15) is 38.8 Å². The van der Waals surface area contributed by atoms with Crippen molar-refractivity contribution < 1.29 is 13.9 Å². The molecule has 2 aliphatic rings. The molecule has 3 heterocycles. The van der Waals surface area contributed by atoms with Gasteiger partial charge in [0, 0.05) is 41.7 Å². The van der Waals surface area contributed by atoms with Gasteiger partial charge in [0.15, 0.2) is 0 Å². The number of nitrogens with one attached hydrogen (secondary N) is 2. The van der Waals surface area contributed by atoms with Gasteiger partial charge in [0.2, 0.25) is 0 Å². The highest BCUT2D eigenvalue weighted by Crippen LogP contribution is 2.44. The molecule has 6 nitrogen and oxygen atoms in total. The Bertz CT molecular complexity index is 1090. The van der Waals surface area contributed by atoms with Gasteiger partial charge in [-0.2, -0.15) is 0 Å². The van der Waals surface area contributed by atoms with Gasteiger partial charge in [0.05, 0.1) is 5.57 Å². The molecule has 0 unspecified atom stereocenters. The van der Waals surface area contributed by atoms with Crippen molar-refractivity contribution in [2.45, 2.75) is 33.3 Å². The minimum Gasteiger partial charge on any atom is -0.482 e. The predicted octanol–water partition coefficient (Wildman–Crippen LogP) is 4.53. The number of benzene rings is 1. The average molecular weight is 437 g/mol. The van der Waals surface area contributed by atoms with Crippen LogP contribution in [0.3, 0.4) is 0 Å². The Labute approximate surface area is 188 Å². The van der Waals surface area contributed by atoms with E-state index in [4.69, 9.17) is 4.74 Å². The van der Waals surface area contributed by atoms with Crippen molar-refractivity contribution in [3.63, 3.8) is 0 Å². The van der Waals surface area contributed by atoms with Gasteiger partial charge in [-0.05, 0) is 63.3 Å². The fourth-order valence-corrected chi connectivity index (χ4v) is 4.14. The summed E-state index contributed by atoms with van der Waals surface area (Å²) in [7, 11) is 0. The molecule has 0 saturated carbocycles. The van der Waals surface area contributed by atoms with Crippen LogP contribution in [-0.2, 0) is 9.53 Å². The summed E-state index contributed by atoms with van der Waals surface area (Å²) in [6.45, 7) is 12.1. The number of aromatic nitrogens is 1. The Morgan fingerprint density at radius 3 is 2.66 bits per heavy atom. The summed E-state index contributed by atoms with van der Waals surface area (Å²) >= 11 is 0. The van der Waals surface area contributed by atoms with Gasteiger partial charge in [0.1, 0.15) is 23.0 Å². The molecule has 1 aromatic heterocycles. The molecule has 7 heteroatoms. The number of hydrogen-bond acceptors (Lipinski definition) is 5. The van der Waals surface area contributed by atoms with Crippen LogP contribution in [0.4, 0.5) is 15.9 Å². The van der Waals surface area contributed by atoms with Gasteiger partial charge in [-0.15, -0.1) is 0 Å². The van der Waals surface area contributed by atoms with Crippen LogP contribution in [0, 0.1) is 5.82 Å². The Hall–Kier alpha value is -3.19. The molecule has 1 aromatic carbocycles. The molecule has 0 spiro atoms. The number of anilines is 2. The van der Waals surface area contributed by atoms with E-state index in [-0.39, 0.29) is 5.91 Å². The monoisotopic (exact) mass is 436 g/mol. The summed E-state index contributed by atoms with van der Waals surface area (Å²) in [5, 5.41) is 6.14. The van der Waals surface area contributed by atoms with Gasteiger partial charge < -0.3 is 20.3 Å². The molecule has 0 radical (unpaired) electrons. The summed E-state index contributed by atoms with van der Waals surface area (Å²) in [6, 6.07) is 8.21. The molecule has 2 N–H and O–H groups in total. The topological polar surface area (TPSA) is 66.5 Å². The Morgan fingerprint density at radius 2 is 1.97 bits per heavy atom. The summed E-state index contributed by atoms with van der Waals surface area (Å²) < 4.78 is 20.0. The number of hydrogen-bond donors (Lipinski definition) is 2. The maximum absolute atomic E-state index is 13.8. The molecule has 4 rings (SSSR count). The lowest BCUT2D eigenvalue weighted by Crippen LogP contribution is -2.28. The number of fused-ring (bicyclic) bond motifs is 1. The van der Waals surface area contributed by atoms with Crippen molar-refractivity contribution in [3.05, 3.63) is 65.3 Å². The normalized spacial score (nSPS) is 18.9. The van der Waals surface area contributed by atoms with E-state index in [2.05, 4.69) is 34.4 Å². The summed E-state index contributed by atoms with van der Waals surface area (Å²) in [5.41, 5.74) is 2.63. The van der Waals surface area contributed by atoms with E-state index in [1.165, 1.54) is 12.1 Å². The van der Waals surface area contributed by atoms with Crippen LogP contribution in [0.2, 0.25) is 0 Å². The SMILES string of the molecule is CCN(CC)CCNc1ccc(C2=C/C(=C3\C(=O)Nc4ccc(F)cc43)OC2(C)C)cn1. The standard InChI is InChI=1S/C25H29FN4O2/c1-5-30(6-2)12-11-27-22-10-7-16(15-28-22)19-14-21(32-25(19,3)4)23-18-13-17(26)8-9-20(18)29-24(23)31/h7-10,13-15H,5-6,11-12H2,1-4H3,(H,27,28)(H,29,31)/b23-21+. The maximum atomic E-state index is 13.8. The lowest BCUT2D eigenvalue weighted by atomic mass is 9.93. The van der Waals surface area contributed by atoms with Gasteiger partial charge in [-0.3, -0.25) is 4.79 Å². The molecule has 168 valence electrons. The van der Waals surface area contributed by atoms with Crippen LogP contribution in [0.5, 0.6) is 0 Å². The third-order valence-electron chi connectivity index (χ3n) is 5.96. The molecule has 32 heavy (non-hydrogen) atoms. The Balaban J connectivity index is 1.58. The van der Waals surface area contributed by atoms with Gasteiger partial charge in [-0.1, -0.05) is 13.8 Å². The first-order valence-electron chi connectivity index (χ1n) is 11.0. The third-order valence-corrected chi connectivity index (χ3v) is 5.96. The maximum Gasteiger partial charge on any atom is 0.260 e. The molecular formula is C25H29FN4O2. The highest BCUT2D eigenvalue weighted by Gasteiger charge is 2.38. The number of allylic oxidation sites excluding steroid dienone is 1. The van der Waals surface area contributed by atoms with E-state index < -0.39 is 11.4 Å². The molecule has 0 bridgehead atoms. The Morgan fingerprint density at radius 1 is 1.19 bits per heavy atom. The second-order valence-electron chi connectivity index (χ2n) is 8.44. The number of likely N-dealkylation sites (N-methyl/N-ethyl adjacent to an activating group) is 1. The van der Waals surface area contributed by atoms with E-state index in [1.807, 2.05) is 38.3 Å². The number of carbonyl (C=O) groups is 1. The van der Waals surface area contributed by atoms with Crippen LogP contribution in [0.15, 0.2) is 48.4 Å². The molecular weight excluding hydrogens is 407 g/mol. The summed E-state index contributed by atoms with van der Waals surface area (Å²) in [5.74, 6) is 0.567.